The topological polar surface area (TPSA) is 74.6 Å². The molecule has 0 aromatic rings. The molecule has 0 spiro atoms. The maximum atomic E-state index is 11.1. The second kappa shape index (κ2) is 7.50. The predicted molar refractivity (Wildman–Crippen MR) is 52.0 cm³/mol. The predicted octanol–water partition coefficient (Wildman–Crippen LogP) is 1.36. The maximum Gasteiger partial charge on any atom is 0.303 e. The molecule has 0 radical (unpaired) electrons. The molecule has 4 heteroatoms. The van der Waals surface area contributed by atoms with Gasteiger partial charge in [-0.05, 0) is 6.42 Å². The summed E-state index contributed by atoms with van der Waals surface area (Å²) in [7, 11) is 0. The number of aliphatic hydroxyl groups is 1. The summed E-state index contributed by atoms with van der Waals surface area (Å²) in [6.07, 6.45) is 2.06. The second-order valence-corrected chi connectivity index (χ2v) is 3.37. The van der Waals surface area contributed by atoms with Gasteiger partial charge in [0.15, 0.2) is 5.78 Å². The van der Waals surface area contributed by atoms with E-state index in [2.05, 4.69) is 0 Å². The first-order valence-corrected chi connectivity index (χ1v) is 5.00. The lowest BCUT2D eigenvalue weighted by atomic mass is 10.0. The molecule has 0 bridgehead atoms. The number of Topliss-reactive ketones (excluding diaryl/α,β-unsaturated/α-hetero) is 1. The number of ketones is 1. The van der Waals surface area contributed by atoms with E-state index in [1.165, 1.54) is 0 Å². The Kier molecular flexibility index (Phi) is 7.02. The minimum atomic E-state index is -1.00. The van der Waals surface area contributed by atoms with Crippen LogP contribution in [0.5, 0.6) is 0 Å². The van der Waals surface area contributed by atoms with Gasteiger partial charge in [-0.15, -0.1) is 0 Å². The van der Waals surface area contributed by atoms with Crippen molar-refractivity contribution in [3.05, 3.63) is 0 Å². The number of aliphatic hydroxyl groups excluding tert-OH is 1. The lowest BCUT2D eigenvalue weighted by molar-refractivity contribution is -0.139. The molecular formula is C10H18O4. The number of carboxylic acids is 1. The van der Waals surface area contributed by atoms with Gasteiger partial charge in [0.1, 0.15) is 6.10 Å². The lowest BCUT2D eigenvalue weighted by Gasteiger charge is -2.07. The molecule has 1 unspecified atom stereocenters. The van der Waals surface area contributed by atoms with Crippen LogP contribution in [0.25, 0.3) is 0 Å². The van der Waals surface area contributed by atoms with Gasteiger partial charge >= 0.3 is 5.97 Å². The summed E-state index contributed by atoms with van der Waals surface area (Å²) in [5, 5.41) is 17.6. The molecule has 0 aliphatic rings. The van der Waals surface area contributed by atoms with Crippen LogP contribution in [0.3, 0.4) is 0 Å². The molecule has 0 amide bonds. The molecule has 0 saturated heterocycles. The van der Waals surface area contributed by atoms with Crippen LogP contribution in [0.2, 0.25) is 0 Å². The third kappa shape index (κ3) is 6.60. The number of carboxylic acid groups (broad SMARTS) is 1. The van der Waals surface area contributed by atoms with Crippen molar-refractivity contribution in [1.29, 1.82) is 0 Å². The van der Waals surface area contributed by atoms with Gasteiger partial charge < -0.3 is 10.2 Å². The molecular weight excluding hydrogens is 184 g/mol. The zero-order valence-electron chi connectivity index (χ0n) is 8.53. The van der Waals surface area contributed by atoms with Crippen LogP contribution in [0, 0.1) is 0 Å². The minimum Gasteiger partial charge on any atom is -0.481 e. The number of rotatable bonds is 8. The molecule has 0 saturated carbocycles. The van der Waals surface area contributed by atoms with Crippen molar-refractivity contribution < 1.29 is 19.8 Å². The van der Waals surface area contributed by atoms with Gasteiger partial charge in [-0.3, -0.25) is 9.59 Å². The van der Waals surface area contributed by atoms with Gasteiger partial charge in [-0.25, -0.2) is 0 Å². The smallest absolute Gasteiger partial charge is 0.303 e. The quantitative estimate of drug-likeness (QED) is 0.583. The Balaban J connectivity index is 3.59. The van der Waals surface area contributed by atoms with E-state index in [-0.39, 0.29) is 18.6 Å². The summed E-state index contributed by atoms with van der Waals surface area (Å²) in [6, 6.07) is 0. The van der Waals surface area contributed by atoms with Crippen LogP contribution >= 0.6 is 0 Å². The molecule has 0 heterocycles. The third-order valence-corrected chi connectivity index (χ3v) is 2.04. The fourth-order valence-corrected chi connectivity index (χ4v) is 1.15. The van der Waals surface area contributed by atoms with Crippen molar-refractivity contribution in [2.45, 2.75) is 51.6 Å². The van der Waals surface area contributed by atoms with E-state index in [4.69, 9.17) is 5.11 Å². The molecule has 4 nitrogen and oxygen atoms in total. The van der Waals surface area contributed by atoms with Gasteiger partial charge in [0.25, 0.3) is 0 Å². The van der Waals surface area contributed by atoms with Gasteiger partial charge in [-0.2, -0.15) is 0 Å². The van der Waals surface area contributed by atoms with Crippen molar-refractivity contribution in [3.8, 4) is 0 Å². The van der Waals surface area contributed by atoms with E-state index < -0.39 is 12.1 Å². The van der Waals surface area contributed by atoms with E-state index in [1.54, 1.807) is 0 Å². The van der Waals surface area contributed by atoms with Crippen LogP contribution in [0.15, 0.2) is 0 Å². The van der Waals surface area contributed by atoms with E-state index in [1.807, 2.05) is 6.92 Å². The van der Waals surface area contributed by atoms with E-state index in [0.29, 0.717) is 6.42 Å². The Morgan fingerprint density at radius 2 is 1.86 bits per heavy atom. The summed E-state index contributed by atoms with van der Waals surface area (Å²) < 4.78 is 0. The van der Waals surface area contributed by atoms with E-state index in [9.17, 15) is 14.7 Å². The minimum absolute atomic E-state index is 0.0668. The Morgan fingerprint density at radius 3 is 2.36 bits per heavy atom. The first kappa shape index (κ1) is 13.1. The second-order valence-electron chi connectivity index (χ2n) is 3.37. The van der Waals surface area contributed by atoms with Crippen LogP contribution in [-0.2, 0) is 9.59 Å². The third-order valence-electron chi connectivity index (χ3n) is 2.04. The molecule has 82 valence electrons. The monoisotopic (exact) mass is 202 g/mol. The van der Waals surface area contributed by atoms with Gasteiger partial charge in [0.05, 0.1) is 6.42 Å². The highest BCUT2D eigenvalue weighted by Gasteiger charge is 2.15. The molecule has 2 N–H and O–H groups in total. The molecule has 0 aliphatic carbocycles. The van der Waals surface area contributed by atoms with Gasteiger partial charge in [0, 0.05) is 6.42 Å². The summed E-state index contributed by atoms with van der Waals surface area (Å²) in [5.41, 5.74) is 0. The van der Waals surface area contributed by atoms with E-state index in [0.717, 1.165) is 19.3 Å². The first-order chi connectivity index (χ1) is 6.57. The largest absolute Gasteiger partial charge is 0.481 e. The normalized spacial score (nSPS) is 12.4. The summed E-state index contributed by atoms with van der Waals surface area (Å²) >= 11 is 0. The first-order valence-electron chi connectivity index (χ1n) is 5.00. The SMILES string of the molecule is CCCCCC(O)C(=O)CCC(=O)O. The Morgan fingerprint density at radius 1 is 1.21 bits per heavy atom. The Labute approximate surface area is 83.9 Å². The highest BCUT2D eigenvalue weighted by Crippen LogP contribution is 2.06. The molecule has 0 aliphatic heterocycles. The number of carbonyl (C=O) groups excluding carboxylic acids is 1. The standard InChI is InChI=1S/C10H18O4/c1-2-3-4-5-8(11)9(12)6-7-10(13)14/h8,11H,2-7H2,1H3,(H,13,14). The number of hydrogen-bond acceptors (Lipinski definition) is 3. The van der Waals surface area contributed by atoms with Crippen molar-refractivity contribution >= 4 is 11.8 Å². The Hall–Kier alpha value is -0.900. The lowest BCUT2D eigenvalue weighted by Crippen LogP contribution is -2.20. The molecule has 0 fully saturated rings. The molecule has 0 aromatic heterocycles. The van der Waals surface area contributed by atoms with Crippen LogP contribution in [0.1, 0.15) is 45.4 Å². The van der Waals surface area contributed by atoms with Gasteiger partial charge in [-0.1, -0.05) is 26.2 Å². The van der Waals surface area contributed by atoms with Crippen LogP contribution < -0.4 is 0 Å². The van der Waals surface area contributed by atoms with Crippen LogP contribution in [0.4, 0.5) is 0 Å². The molecule has 0 rings (SSSR count). The van der Waals surface area contributed by atoms with Crippen LogP contribution in [-0.4, -0.2) is 28.1 Å². The average molecular weight is 202 g/mol. The highest BCUT2D eigenvalue weighted by atomic mass is 16.4. The number of aliphatic carboxylic acids is 1. The van der Waals surface area contributed by atoms with Crippen molar-refractivity contribution in [2.24, 2.45) is 0 Å². The zero-order valence-corrected chi connectivity index (χ0v) is 8.53. The molecule has 0 aromatic carbocycles. The summed E-state index contributed by atoms with van der Waals surface area (Å²) in [5.74, 6) is -1.36. The molecule has 1 atom stereocenters. The zero-order chi connectivity index (χ0) is 11.0. The van der Waals surface area contributed by atoms with Gasteiger partial charge in [0.2, 0.25) is 0 Å². The van der Waals surface area contributed by atoms with Crippen molar-refractivity contribution in [1.82, 2.24) is 0 Å². The maximum absolute atomic E-state index is 11.1. The van der Waals surface area contributed by atoms with Crippen molar-refractivity contribution in [2.75, 3.05) is 0 Å². The van der Waals surface area contributed by atoms with Crippen molar-refractivity contribution in [3.63, 3.8) is 0 Å². The molecule has 14 heavy (non-hydrogen) atoms. The fraction of sp³-hybridized carbons (Fsp3) is 0.800. The summed E-state index contributed by atoms with van der Waals surface area (Å²) in [4.78, 5) is 21.3. The number of carbonyl (C=O) groups is 2. The highest BCUT2D eigenvalue weighted by molar-refractivity contribution is 5.85. The number of hydrogen-bond donors (Lipinski definition) is 2. The van der Waals surface area contributed by atoms with E-state index >= 15 is 0 Å². The Bertz CT molecular complexity index is 189. The number of unbranched alkanes of at least 4 members (excludes halogenated alkanes) is 2. The average Bonchev–Trinajstić information content (AvgIpc) is 2.14. The fourth-order valence-electron chi connectivity index (χ4n) is 1.15. The summed E-state index contributed by atoms with van der Waals surface area (Å²) in [6.45, 7) is 2.04.